The van der Waals surface area contributed by atoms with Gasteiger partial charge in [0, 0.05) is 11.4 Å². The lowest BCUT2D eigenvalue weighted by molar-refractivity contribution is 0.242. The topological polar surface area (TPSA) is 57.4 Å². The third kappa shape index (κ3) is 4.23. The van der Waals surface area contributed by atoms with Crippen LogP contribution in [0.4, 0.5) is 0 Å². The smallest absolute Gasteiger partial charge is 0.264 e. The Bertz CT molecular complexity index is 754. The number of aromatic nitrogens is 2. The molecule has 2 aromatic carbocycles. The molecule has 0 saturated carbocycles. The summed E-state index contributed by atoms with van der Waals surface area (Å²) in [6.45, 7) is 0.222. The molecule has 5 nitrogen and oxygen atoms in total. The average Bonchev–Trinajstić information content (AvgIpc) is 3.03. The number of benzene rings is 2. The Morgan fingerprint density at radius 2 is 1.70 bits per heavy atom. The van der Waals surface area contributed by atoms with Gasteiger partial charge in [-0.05, 0) is 42.0 Å². The number of hydrogen-bond donors (Lipinski definition) is 0. The second-order valence-electron chi connectivity index (χ2n) is 4.87. The molecule has 1 aromatic heterocycles. The summed E-state index contributed by atoms with van der Waals surface area (Å²) in [6.07, 6.45) is 0.587. The van der Waals surface area contributed by atoms with Crippen LogP contribution in [0.2, 0.25) is 5.02 Å². The summed E-state index contributed by atoms with van der Waals surface area (Å²) in [7, 11) is 1.62. The van der Waals surface area contributed by atoms with Gasteiger partial charge in [0.2, 0.25) is 0 Å². The van der Waals surface area contributed by atoms with Crippen molar-refractivity contribution in [2.75, 3.05) is 7.11 Å². The molecule has 0 spiro atoms. The fraction of sp³-hybridized carbons (Fsp3) is 0.176. The average molecular weight is 331 g/mol. The molecule has 0 unspecified atom stereocenters. The van der Waals surface area contributed by atoms with Crippen molar-refractivity contribution in [3.8, 4) is 11.5 Å². The van der Waals surface area contributed by atoms with Crippen LogP contribution >= 0.6 is 11.6 Å². The van der Waals surface area contributed by atoms with Crippen molar-refractivity contribution in [3.63, 3.8) is 0 Å². The number of nitrogens with zero attached hydrogens (tertiary/aromatic N) is 2. The van der Waals surface area contributed by atoms with E-state index in [2.05, 4.69) is 10.1 Å². The van der Waals surface area contributed by atoms with E-state index < -0.39 is 0 Å². The predicted octanol–water partition coefficient (Wildman–Crippen LogP) is 3.90. The van der Waals surface area contributed by atoms with Gasteiger partial charge in [0.25, 0.3) is 5.89 Å². The van der Waals surface area contributed by atoms with Crippen molar-refractivity contribution in [3.05, 3.63) is 70.8 Å². The zero-order valence-electron chi connectivity index (χ0n) is 12.5. The summed E-state index contributed by atoms with van der Waals surface area (Å²) in [6, 6.07) is 14.9. The Balaban J connectivity index is 1.57. The molecule has 3 rings (SSSR count). The first-order valence-corrected chi connectivity index (χ1v) is 7.43. The molecule has 0 aliphatic rings. The fourth-order valence-corrected chi connectivity index (χ4v) is 2.15. The zero-order chi connectivity index (χ0) is 16.1. The lowest BCUT2D eigenvalue weighted by atomic mass is 10.1. The number of ether oxygens (including phenoxy) is 2. The second kappa shape index (κ2) is 7.15. The van der Waals surface area contributed by atoms with E-state index in [4.69, 9.17) is 25.6 Å². The highest BCUT2D eigenvalue weighted by molar-refractivity contribution is 6.30. The predicted molar refractivity (Wildman–Crippen MR) is 85.9 cm³/mol. The normalized spacial score (nSPS) is 10.5. The molecule has 1 heterocycles. The SMILES string of the molecule is COc1ccc(OCc2nc(Cc3ccc(Cl)cc3)no2)cc1. The molecular formula is C17H15ClN2O3. The van der Waals surface area contributed by atoms with Gasteiger partial charge in [0.15, 0.2) is 12.4 Å². The summed E-state index contributed by atoms with van der Waals surface area (Å²) in [4.78, 5) is 4.32. The van der Waals surface area contributed by atoms with Crippen LogP contribution in [0.3, 0.4) is 0 Å². The lowest BCUT2D eigenvalue weighted by Gasteiger charge is -2.04. The molecular weight excluding hydrogens is 316 g/mol. The molecule has 23 heavy (non-hydrogen) atoms. The van der Waals surface area contributed by atoms with Crippen molar-refractivity contribution in [2.45, 2.75) is 13.0 Å². The van der Waals surface area contributed by atoms with E-state index >= 15 is 0 Å². The van der Waals surface area contributed by atoms with Gasteiger partial charge < -0.3 is 14.0 Å². The van der Waals surface area contributed by atoms with Crippen molar-refractivity contribution >= 4 is 11.6 Å². The Morgan fingerprint density at radius 1 is 1.00 bits per heavy atom. The minimum Gasteiger partial charge on any atom is -0.497 e. The first-order chi connectivity index (χ1) is 11.2. The van der Waals surface area contributed by atoms with Crippen molar-refractivity contribution in [1.82, 2.24) is 10.1 Å². The van der Waals surface area contributed by atoms with Crippen LogP contribution in [-0.4, -0.2) is 17.3 Å². The number of rotatable bonds is 6. The molecule has 0 N–H and O–H groups in total. The summed E-state index contributed by atoms with van der Waals surface area (Å²) >= 11 is 5.86. The molecule has 6 heteroatoms. The van der Waals surface area contributed by atoms with Gasteiger partial charge in [-0.15, -0.1) is 0 Å². The maximum absolute atomic E-state index is 5.86. The maximum Gasteiger partial charge on any atom is 0.264 e. The largest absolute Gasteiger partial charge is 0.497 e. The quantitative estimate of drug-likeness (QED) is 0.686. The van der Waals surface area contributed by atoms with Gasteiger partial charge in [0.05, 0.1) is 7.11 Å². The van der Waals surface area contributed by atoms with E-state index in [-0.39, 0.29) is 6.61 Å². The second-order valence-corrected chi connectivity index (χ2v) is 5.31. The molecule has 118 valence electrons. The molecule has 0 bridgehead atoms. The van der Waals surface area contributed by atoms with Gasteiger partial charge in [-0.1, -0.05) is 28.9 Å². The van der Waals surface area contributed by atoms with Gasteiger partial charge in [-0.25, -0.2) is 0 Å². The van der Waals surface area contributed by atoms with E-state index in [0.717, 1.165) is 11.3 Å². The van der Waals surface area contributed by atoms with E-state index in [0.29, 0.717) is 28.9 Å². The van der Waals surface area contributed by atoms with Crippen LogP contribution < -0.4 is 9.47 Å². The summed E-state index contributed by atoms with van der Waals surface area (Å²) in [5.74, 6) is 2.54. The van der Waals surface area contributed by atoms with Crippen LogP contribution in [0.1, 0.15) is 17.3 Å². The first-order valence-electron chi connectivity index (χ1n) is 7.06. The van der Waals surface area contributed by atoms with Crippen molar-refractivity contribution in [2.24, 2.45) is 0 Å². The van der Waals surface area contributed by atoms with Crippen LogP contribution in [0.15, 0.2) is 53.1 Å². The fourth-order valence-electron chi connectivity index (χ4n) is 2.02. The van der Waals surface area contributed by atoms with Crippen LogP contribution in [0.5, 0.6) is 11.5 Å². The molecule has 0 saturated heterocycles. The standard InChI is InChI=1S/C17H15ClN2O3/c1-21-14-6-8-15(9-7-14)22-11-17-19-16(20-23-17)10-12-2-4-13(18)5-3-12/h2-9H,10-11H2,1H3. The van der Waals surface area contributed by atoms with Gasteiger partial charge in [-0.2, -0.15) is 4.98 Å². The number of hydrogen-bond acceptors (Lipinski definition) is 5. The molecule has 0 radical (unpaired) electrons. The van der Waals surface area contributed by atoms with Gasteiger partial charge in [0.1, 0.15) is 11.5 Å². The molecule has 0 amide bonds. The minimum absolute atomic E-state index is 0.222. The highest BCUT2D eigenvalue weighted by Gasteiger charge is 2.08. The highest BCUT2D eigenvalue weighted by Crippen LogP contribution is 2.18. The van der Waals surface area contributed by atoms with E-state index in [1.807, 2.05) is 48.5 Å². The Hall–Kier alpha value is -2.53. The molecule has 0 fully saturated rings. The monoisotopic (exact) mass is 330 g/mol. The Morgan fingerprint density at radius 3 is 2.39 bits per heavy atom. The van der Waals surface area contributed by atoms with Gasteiger partial charge >= 0.3 is 0 Å². The highest BCUT2D eigenvalue weighted by atomic mass is 35.5. The molecule has 0 aliphatic carbocycles. The molecule has 3 aromatic rings. The van der Waals surface area contributed by atoms with Crippen LogP contribution in [-0.2, 0) is 13.0 Å². The first kappa shape index (κ1) is 15.4. The van der Waals surface area contributed by atoms with Crippen molar-refractivity contribution in [1.29, 1.82) is 0 Å². The lowest BCUT2D eigenvalue weighted by Crippen LogP contribution is -1.97. The van der Waals surface area contributed by atoms with Crippen molar-refractivity contribution < 1.29 is 14.0 Å². The maximum atomic E-state index is 5.86. The Labute approximate surface area is 138 Å². The van der Waals surface area contributed by atoms with Crippen LogP contribution in [0.25, 0.3) is 0 Å². The van der Waals surface area contributed by atoms with E-state index in [1.54, 1.807) is 7.11 Å². The number of halogens is 1. The number of methoxy groups -OCH3 is 1. The van der Waals surface area contributed by atoms with E-state index in [1.165, 1.54) is 0 Å². The minimum atomic E-state index is 0.222. The summed E-state index contributed by atoms with van der Waals surface area (Å²) in [5.41, 5.74) is 1.07. The van der Waals surface area contributed by atoms with Gasteiger partial charge in [-0.3, -0.25) is 0 Å². The zero-order valence-corrected chi connectivity index (χ0v) is 13.3. The Kier molecular flexibility index (Phi) is 4.78. The molecule has 0 atom stereocenters. The molecule has 0 aliphatic heterocycles. The third-order valence-electron chi connectivity index (χ3n) is 3.21. The summed E-state index contributed by atoms with van der Waals surface area (Å²) in [5, 5.41) is 4.66. The van der Waals surface area contributed by atoms with Crippen LogP contribution in [0, 0.1) is 0 Å². The third-order valence-corrected chi connectivity index (χ3v) is 3.46. The summed E-state index contributed by atoms with van der Waals surface area (Å²) < 4.78 is 15.9. The van der Waals surface area contributed by atoms with E-state index in [9.17, 15) is 0 Å².